The fourth-order valence-electron chi connectivity index (χ4n) is 5.76. The van der Waals surface area contributed by atoms with Crippen molar-refractivity contribution in [1.82, 2.24) is 0 Å². The quantitative estimate of drug-likeness (QED) is 0.632. The van der Waals surface area contributed by atoms with Crippen molar-refractivity contribution < 1.29 is 19.3 Å². The van der Waals surface area contributed by atoms with Gasteiger partial charge in [-0.3, -0.25) is 0 Å². The first-order valence-corrected chi connectivity index (χ1v) is 10.3. The largest absolute Gasteiger partial charge is 0.496 e. The van der Waals surface area contributed by atoms with Gasteiger partial charge in [0.25, 0.3) is 0 Å². The second-order valence-electron chi connectivity index (χ2n) is 7.97. The lowest BCUT2D eigenvalue weighted by Gasteiger charge is -2.55. The topological polar surface area (TPSA) is 47.9 Å². The van der Waals surface area contributed by atoms with Crippen LogP contribution in [0, 0.1) is 12.3 Å². The van der Waals surface area contributed by atoms with Gasteiger partial charge in [-0.25, -0.2) is 0 Å². The van der Waals surface area contributed by atoms with Crippen LogP contribution in [0.1, 0.15) is 46.2 Å². The summed E-state index contributed by atoms with van der Waals surface area (Å²) in [7, 11) is 4.88. The van der Waals surface area contributed by atoms with E-state index in [4.69, 9.17) is 20.6 Å². The maximum Gasteiger partial charge on any atom is 0.152 e. The zero-order chi connectivity index (χ0) is 21.8. The standard InChI is InChI=1S/C27H24O4/c1-5-6-16-26-17-10-7-13-20(29-2)23(17)27(28,24-18(26)11-8-14-21(24)30-3)25-19(26)12-9-15-22(25)31-4/h1,7-15,28H,6,16H2,2-4H3. The molecule has 4 nitrogen and oxygen atoms in total. The molecule has 3 aliphatic carbocycles. The molecule has 0 heterocycles. The third kappa shape index (κ3) is 2.19. The van der Waals surface area contributed by atoms with Crippen LogP contribution in [-0.4, -0.2) is 26.4 Å². The first kappa shape index (κ1) is 19.5. The number of methoxy groups -OCH3 is 3. The predicted molar refractivity (Wildman–Crippen MR) is 119 cm³/mol. The molecule has 2 bridgehead atoms. The minimum Gasteiger partial charge on any atom is -0.496 e. The fourth-order valence-corrected chi connectivity index (χ4v) is 5.76. The summed E-state index contributed by atoms with van der Waals surface area (Å²) in [6.07, 6.45) is 7.01. The summed E-state index contributed by atoms with van der Waals surface area (Å²) < 4.78 is 17.3. The molecule has 0 unspecified atom stereocenters. The monoisotopic (exact) mass is 412 g/mol. The average molecular weight is 412 g/mol. The Morgan fingerprint density at radius 1 is 0.742 bits per heavy atom. The lowest BCUT2D eigenvalue weighted by atomic mass is 9.49. The van der Waals surface area contributed by atoms with Crippen LogP contribution in [0.5, 0.6) is 17.2 Å². The van der Waals surface area contributed by atoms with E-state index in [0.717, 1.165) is 33.4 Å². The van der Waals surface area contributed by atoms with Gasteiger partial charge >= 0.3 is 0 Å². The van der Waals surface area contributed by atoms with Crippen LogP contribution < -0.4 is 14.2 Å². The Hall–Kier alpha value is -3.42. The summed E-state index contributed by atoms with van der Waals surface area (Å²) in [5.74, 6) is 4.69. The normalized spacial score (nSPS) is 22.0. The number of hydrogen-bond acceptors (Lipinski definition) is 4. The minimum atomic E-state index is -1.50. The molecule has 0 fully saturated rings. The van der Waals surface area contributed by atoms with Crippen LogP contribution in [-0.2, 0) is 11.0 Å². The maximum absolute atomic E-state index is 12.7. The molecule has 0 atom stereocenters. The van der Waals surface area contributed by atoms with Gasteiger partial charge in [-0.1, -0.05) is 36.4 Å². The zero-order valence-electron chi connectivity index (χ0n) is 17.9. The van der Waals surface area contributed by atoms with Gasteiger partial charge in [0.1, 0.15) is 17.2 Å². The Morgan fingerprint density at radius 2 is 1.13 bits per heavy atom. The second kappa shape index (κ2) is 6.80. The molecule has 6 rings (SSSR count). The number of hydrogen-bond donors (Lipinski definition) is 1. The van der Waals surface area contributed by atoms with Crippen molar-refractivity contribution in [3.63, 3.8) is 0 Å². The van der Waals surface area contributed by atoms with E-state index in [-0.39, 0.29) is 0 Å². The second-order valence-corrected chi connectivity index (χ2v) is 7.97. The highest BCUT2D eigenvalue weighted by Crippen LogP contribution is 2.67. The smallest absolute Gasteiger partial charge is 0.152 e. The van der Waals surface area contributed by atoms with Crippen molar-refractivity contribution in [2.75, 3.05) is 21.3 Å². The van der Waals surface area contributed by atoms with E-state index < -0.39 is 11.0 Å². The van der Waals surface area contributed by atoms with Crippen LogP contribution >= 0.6 is 0 Å². The Morgan fingerprint density at radius 3 is 1.45 bits per heavy atom. The highest BCUT2D eigenvalue weighted by atomic mass is 16.5. The van der Waals surface area contributed by atoms with Crippen molar-refractivity contribution in [2.24, 2.45) is 0 Å². The van der Waals surface area contributed by atoms with Gasteiger partial charge in [0.15, 0.2) is 5.60 Å². The zero-order valence-corrected chi connectivity index (χ0v) is 17.9. The number of rotatable bonds is 5. The maximum atomic E-state index is 12.7. The van der Waals surface area contributed by atoms with Crippen molar-refractivity contribution in [3.05, 3.63) is 88.0 Å². The van der Waals surface area contributed by atoms with E-state index >= 15 is 0 Å². The molecule has 0 aromatic heterocycles. The highest BCUT2D eigenvalue weighted by Gasteiger charge is 2.61. The molecule has 3 aromatic rings. The van der Waals surface area contributed by atoms with E-state index in [1.54, 1.807) is 21.3 Å². The van der Waals surface area contributed by atoms with Crippen molar-refractivity contribution >= 4 is 0 Å². The summed E-state index contributed by atoms with van der Waals surface area (Å²) >= 11 is 0. The Bertz CT molecular complexity index is 1100. The van der Waals surface area contributed by atoms with Gasteiger partial charge in [-0.05, 0) is 41.3 Å². The van der Waals surface area contributed by atoms with Crippen LogP contribution in [0.2, 0.25) is 0 Å². The molecular formula is C27H24O4. The van der Waals surface area contributed by atoms with E-state index in [1.807, 2.05) is 36.4 Å². The number of aliphatic hydroxyl groups is 1. The third-order valence-corrected chi connectivity index (χ3v) is 6.85. The van der Waals surface area contributed by atoms with E-state index in [2.05, 4.69) is 24.1 Å². The van der Waals surface area contributed by atoms with Crippen molar-refractivity contribution in [1.29, 1.82) is 0 Å². The Balaban J connectivity index is 2.05. The molecular weight excluding hydrogens is 388 g/mol. The fraction of sp³-hybridized carbons (Fsp3) is 0.259. The Kier molecular flexibility index (Phi) is 4.28. The number of terminal acetylenes is 1. The highest BCUT2D eigenvalue weighted by molar-refractivity contribution is 5.79. The van der Waals surface area contributed by atoms with Gasteiger partial charge in [-0.2, -0.15) is 0 Å². The molecule has 0 spiro atoms. The summed E-state index contributed by atoms with van der Waals surface area (Å²) in [4.78, 5) is 0. The van der Waals surface area contributed by atoms with Crippen molar-refractivity contribution in [3.8, 4) is 29.6 Å². The lowest BCUT2D eigenvalue weighted by Crippen LogP contribution is -2.51. The minimum absolute atomic E-state index is 0.561. The van der Waals surface area contributed by atoms with Gasteiger partial charge < -0.3 is 19.3 Å². The molecule has 156 valence electrons. The molecule has 0 radical (unpaired) electrons. The van der Waals surface area contributed by atoms with Crippen molar-refractivity contribution in [2.45, 2.75) is 23.9 Å². The summed E-state index contributed by atoms with van der Waals surface area (Å²) in [5.41, 5.74) is 3.14. The molecule has 0 aliphatic heterocycles. The Labute approximate surface area is 182 Å². The van der Waals surface area contributed by atoms with Gasteiger partial charge in [0, 0.05) is 28.5 Å². The van der Waals surface area contributed by atoms with E-state index in [0.29, 0.717) is 30.1 Å². The summed E-state index contributed by atoms with van der Waals surface area (Å²) in [5, 5.41) is 12.7. The third-order valence-electron chi connectivity index (χ3n) is 6.85. The van der Waals surface area contributed by atoms with E-state index in [1.165, 1.54) is 0 Å². The van der Waals surface area contributed by atoms with E-state index in [9.17, 15) is 5.11 Å². The number of benzene rings is 3. The molecule has 0 saturated heterocycles. The predicted octanol–water partition coefficient (Wildman–Crippen LogP) is 4.37. The van der Waals surface area contributed by atoms with Crippen LogP contribution in [0.3, 0.4) is 0 Å². The molecule has 31 heavy (non-hydrogen) atoms. The van der Waals surface area contributed by atoms with Crippen LogP contribution in [0.25, 0.3) is 0 Å². The molecule has 1 N–H and O–H groups in total. The first-order chi connectivity index (χ1) is 15.1. The lowest BCUT2D eigenvalue weighted by molar-refractivity contribution is 0.0951. The molecule has 3 aromatic carbocycles. The molecule has 0 saturated carbocycles. The SMILES string of the molecule is C#CCCC12c3cccc(OC)c3C(O)(c3c(OC)cccc31)c1c(OC)cccc12. The van der Waals surface area contributed by atoms with Gasteiger partial charge in [0.2, 0.25) is 0 Å². The summed E-state index contributed by atoms with van der Waals surface area (Å²) in [6, 6.07) is 17.8. The molecule has 4 heteroatoms. The first-order valence-electron chi connectivity index (χ1n) is 10.3. The molecule has 3 aliphatic rings. The molecule has 0 amide bonds. The number of ether oxygens (including phenoxy) is 3. The van der Waals surface area contributed by atoms with Crippen LogP contribution in [0.15, 0.2) is 54.6 Å². The average Bonchev–Trinajstić information content (AvgIpc) is 2.82. The van der Waals surface area contributed by atoms with Crippen LogP contribution in [0.4, 0.5) is 0 Å². The van der Waals surface area contributed by atoms with Gasteiger partial charge in [-0.15, -0.1) is 12.3 Å². The summed E-state index contributed by atoms with van der Waals surface area (Å²) in [6.45, 7) is 0. The van der Waals surface area contributed by atoms with Gasteiger partial charge in [0.05, 0.1) is 21.3 Å².